The number of ether oxygens (including phenoxy) is 1. The summed E-state index contributed by atoms with van der Waals surface area (Å²) in [7, 11) is 0. The molecule has 1 aromatic heterocycles. The molecule has 3 rings (SSSR count). The molecule has 0 saturated carbocycles. The van der Waals surface area contributed by atoms with Gasteiger partial charge in [0.2, 0.25) is 0 Å². The average molecular weight is 373 g/mol. The van der Waals surface area contributed by atoms with E-state index in [1.165, 1.54) is 10.9 Å². The van der Waals surface area contributed by atoms with Crippen molar-refractivity contribution < 1.29 is 9.84 Å². The molecule has 1 atom stereocenters. The highest BCUT2D eigenvalue weighted by Gasteiger charge is 2.13. The van der Waals surface area contributed by atoms with Crippen LogP contribution in [0.4, 0.5) is 0 Å². The Balaban J connectivity index is 1.76. The van der Waals surface area contributed by atoms with Crippen LogP contribution in [0.5, 0.6) is 5.75 Å². The van der Waals surface area contributed by atoms with Gasteiger partial charge in [-0.1, -0.05) is 23.7 Å². The highest BCUT2D eigenvalue weighted by atomic mass is 35.5. The molecule has 136 valence electrons. The van der Waals surface area contributed by atoms with Gasteiger partial charge in [0.1, 0.15) is 18.5 Å². The third-order valence-corrected chi connectivity index (χ3v) is 4.72. The molecule has 0 bridgehead atoms. The Bertz CT molecular complexity index is 1010. The Morgan fingerprint density at radius 1 is 1.19 bits per heavy atom. The van der Waals surface area contributed by atoms with Crippen LogP contribution < -0.4 is 10.3 Å². The molecule has 0 amide bonds. The largest absolute Gasteiger partial charge is 0.490 e. The summed E-state index contributed by atoms with van der Waals surface area (Å²) in [5.41, 5.74) is 3.54. The Morgan fingerprint density at radius 3 is 2.69 bits per heavy atom. The zero-order chi connectivity index (χ0) is 18.8. The van der Waals surface area contributed by atoms with E-state index < -0.39 is 6.10 Å². The molecule has 0 saturated heterocycles. The number of hydrogen-bond acceptors (Lipinski definition) is 4. The first-order valence-electron chi connectivity index (χ1n) is 8.39. The highest BCUT2D eigenvalue weighted by Crippen LogP contribution is 2.25. The summed E-state index contributed by atoms with van der Waals surface area (Å²) < 4.78 is 7.20. The van der Waals surface area contributed by atoms with Crippen LogP contribution in [-0.2, 0) is 6.54 Å². The van der Waals surface area contributed by atoms with Crippen molar-refractivity contribution in [3.63, 3.8) is 0 Å². The van der Waals surface area contributed by atoms with Gasteiger partial charge in [0.05, 0.1) is 23.8 Å². The van der Waals surface area contributed by atoms with Gasteiger partial charge in [-0.05, 0) is 55.7 Å². The number of benzene rings is 2. The van der Waals surface area contributed by atoms with Gasteiger partial charge in [-0.3, -0.25) is 9.36 Å². The lowest BCUT2D eigenvalue weighted by Crippen LogP contribution is -2.30. The summed E-state index contributed by atoms with van der Waals surface area (Å²) in [6.45, 7) is 6.16. The molecule has 0 aliphatic heterocycles. The molecule has 1 unspecified atom stereocenters. The van der Waals surface area contributed by atoms with Crippen molar-refractivity contribution in [3.05, 3.63) is 68.7 Å². The van der Waals surface area contributed by atoms with Gasteiger partial charge in [-0.25, -0.2) is 4.98 Å². The molecule has 1 N–H and O–H groups in total. The van der Waals surface area contributed by atoms with Crippen molar-refractivity contribution in [2.45, 2.75) is 33.4 Å². The molecule has 26 heavy (non-hydrogen) atoms. The maximum atomic E-state index is 12.6. The van der Waals surface area contributed by atoms with Crippen LogP contribution in [0.2, 0.25) is 5.02 Å². The summed E-state index contributed by atoms with van der Waals surface area (Å²) in [5, 5.41) is 11.2. The van der Waals surface area contributed by atoms with E-state index in [4.69, 9.17) is 16.3 Å². The minimum absolute atomic E-state index is 0.0884. The minimum atomic E-state index is -0.842. The number of rotatable bonds is 5. The molecule has 0 spiro atoms. The molecule has 0 aliphatic rings. The van der Waals surface area contributed by atoms with Crippen LogP contribution >= 0.6 is 11.6 Å². The standard InChI is InChI=1S/C20H21ClN2O3/c1-12-4-5-13(2)19(14(12)3)26-10-16(24)9-23-11-22-18-7-6-15(21)8-17(18)20(23)25/h4-8,11,16,24H,9-10H2,1-3H3. The fourth-order valence-corrected chi connectivity index (χ4v) is 3.04. The maximum absolute atomic E-state index is 12.6. The smallest absolute Gasteiger partial charge is 0.261 e. The maximum Gasteiger partial charge on any atom is 0.261 e. The van der Waals surface area contributed by atoms with Crippen molar-refractivity contribution in [1.29, 1.82) is 0 Å². The van der Waals surface area contributed by atoms with Crippen molar-refractivity contribution in [2.75, 3.05) is 6.61 Å². The predicted molar refractivity (Wildman–Crippen MR) is 103 cm³/mol. The van der Waals surface area contributed by atoms with Gasteiger partial charge in [-0.15, -0.1) is 0 Å². The van der Waals surface area contributed by atoms with E-state index in [9.17, 15) is 9.90 Å². The Morgan fingerprint density at radius 2 is 1.92 bits per heavy atom. The molecule has 0 radical (unpaired) electrons. The highest BCUT2D eigenvalue weighted by molar-refractivity contribution is 6.31. The van der Waals surface area contributed by atoms with E-state index in [1.807, 2.05) is 32.9 Å². The van der Waals surface area contributed by atoms with E-state index in [0.29, 0.717) is 15.9 Å². The summed E-state index contributed by atoms with van der Waals surface area (Å²) in [5.74, 6) is 0.778. The summed E-state index contributed by atoms with van der Waals surface area (Å²) in [6, 6.07) is 9.01. The molecular weight excluding hydrogens is 352 g/mol. The van der Waals surface area contributed by atoms with Gasteiger partial charge < -0.3 is 9.84 Å². The Hall–Kier alpha value is -2.37. The Kier molecular flexibility index (Phi) is 5.30. The van der Waals surface area contributed by atoms with Crippen LogP contribution in [0.15, 0.2) is 41.5 Å². The molecule has 2 aromatic carbocycles. The number of aliphatic hydroxyl groups excluding tert-OH is 1. The summed E-state index contributed by atoms with van der Waals surface area (Å²) in [6.07, 6.45) is 0.593. The van der Waals surface area contributed by atoms with Crippen molar-refractivity contribution in [2.24, 2.45) is 0 Å². The number of hydrogen-bond donors (Lipinski definition) is 1. The van der Waals surface area contributed by atoms with E-state index in [2.05, 4.69) is 4.98 Å². The lowest BCUT2D eigenvalue weighted by molar-refractivity contribution is 0.0908. The molecule has 3 aromatic rings. The summed E-state index contributed by atoms with van der Waals surface area (Å²) >= 11 is 5.96. The number of halogens is 1. The number of fused-ring (bicyclic) bond motifs is 1. The molecule has 1 heterocycles. The van der Waals surface area contributed by atoms with Gasteiger partial charge in [0.15, 0.2) is 0 Å². The number of nitrogens with zero attached hydrogens (tertiary/aromatic N) is 2. The molecule has 0 aliphatic carbocycles. The second-order valence-corrected chi connectivity index (χ2v) is 6.92. The zero-order valence-electron chi connectivity index (χ0n) is 15.0. The molecule has 0 fully saturated rings. The van der Waals surface area contributed by atoms with Crippen LogP contribution in [0.25, 0.3) is 10.9 Å². The third-order valence-electron chi connectivity index (χ3n) is 4.49. The van der Waals surface area contributed by atoms with E-state index in [0.717, 1.165) is 22.4 Å². The zero-order valence-corrected chi connectivity index (χ0v) is 15.7. The van der Waals surface area contributed by atoms with Crippen LogP contribution in [0, 0.1) is 20.8 Å². The van der Waals surface area contributed by atoms with Crippen LogP contribution in [-0.4, -0.2) is 27.4 Å². The van der Waals surface area contributed by atoms with Gasteiger partial charge in [0, 0.05) is 5.02 Å². The van der Waals surface area contributed by atoms with E-state index in [-0.39, 0.29) is 18.7 Å². The van der Waals surface area contributed by atoms with Gasteiger partial charge >= 0.3 is 0 Å². The quantitative estimate of drug-likeness (QED) is 0.745. The average Bonchev–Trinajstić information content (AvgIpc) is 2.61. The molecule has 5 nitrogen and oxygen atoms in total. The van der Waals surface area contributed by atoms with Crippen molar-refractivity contribution in [3.8, 4) is 5.75 Å². The van der Waals surface area contributed by atoms with Gasteiger partial charge in [-0.2, -0.15) is 0 Å². The fourth-order valence-electron chi connectivity index (χ4n) is 2.87. The number of aryl methyl sites for hydroxylation is 2. The van der Waals surface area contributed by atoms with Crippen LogP contribution in [0.3, 0.4) is 0 Å². The number of aliphatic hydroxyl groups is 1. The molecular formula is C20H21ClN2O3. The topological polar surface area (TPSA) is 64.3 Å². The molecule has 6 heteroatoms. The monoisotopic (exact) mass is 372 g/mol. The summed E-state index contributed by atoms with van der Waals surface area (Å²) in [4.78, 5) is 16.8. The van der Waals surface area contributed by atoms with E-state index in [1.54, 1.807) is 18.2 Å². The van der Waals surface area contributed by atoms with Gasteiger partial charge in [0.25, 0.3) is 5.56 Å². The normalized spacial score (nSPS) is 12.3. The Labute approximate surface area is 156 Å². The lowest BCUT2D eigenvalue weighted by atomic mass is 10.1. The minimum Gasteiger partial charge on any atom is -0.490 e. The number of aromatic nitrogens is 2. The fraction of sp³-hybridized carbons (Fsp3) is 0.300. The second kappa shape index (κ2) is 7.48. The van der Waals surface area contributed by atoms with Crippen molar-refractivity contribution >= 4 is 22.5 Å². The first-order chi connectivity index (χ1) is 12.4. The lowest BCUT2D eigenvalue weighted by Gasteiger charge is -2.17. The SMILES string of the molecule is Cc1ccc(C)c(OCC(O)Cn2cnc3ccc(Cl)cc3c2=O)c1C. The van der Waals surface area contributed by atoms with Crippen LogP contribution in [0.1, 0.15) is 16.7 Å². The van der Waals surface area contributed by atoms with Crippen molar-refractivity contribution in [1.82, 2.24) is 9.55 Å². The second-order valence-electron chi connectivity index (χ2n) is 6.48. The van der Waals surface area contributed by atoms with E-state index >= 15 is 0 Å². The first-order valence-corrected chi connectivity index (χ1v) is 8.77. The third kappa shape index (κ3) is 3.74. The first kappa shape index (κ1) is 18.4. The predicted octanol–water partition coefficient (Wildman–Crippen LogP) is 3.42.